The van der Waals surface area contributed by atoms with Crippen molar-refractivity contribution in [2.24, 2.45) is 0 Å². The van der Waals surface area contributed by atoms with Gasteiger partial charge >= 0.3 is 0 Å². The van der Waals surface area contributed by atoms with Gasteiger partial charge in [-0.25, -0.2) is 0 Å². The van der Waals surface area contributed by atoms with Crippen LogP contribution in [-0.4, -0.2) is 33.0 Å². The van der Waals surface area contributed by atoms with E-state index >= 15 is 0 Å². The zero-order valence-corrected chi connectivity index (χ0v) is 15.2. The van der Waals surface area contributed by atoms with Gasteiger partial charge in [-0.2, -0.15) is 0 Å². The van der Waals surface area contributed by atoms with Crippen molar-refractivity contribution in [1.82, 2.24) is 20.1 Å². The summed E-state index contributed by atoms with van der Waals surface area (Å²) < 4.78 is 2.06. The standard InChI is InChI=1S/C18H18N4OS2/c1-2-10-19-16(23)13-25-18-21-20-17(15-9-6-11-24-15)22(18)12-14-7-4-3-5-8-14/h2-9,11H,1,10,12-13H2,(H,19,23). The van der Waals surface area contributed by atoms with E-state index in [4.69, 9.17) is 0 Å². The summed E-state index contributed by atoms with van der Waals surface area (Å²) in [5.41, 5.74) is 1.16. The number of carbonyl (C=O) groups excluding carboxylic acids is 1. The number of thioether (sulfide) groups is 1. The molecule has 7 heteroatoms. The van der Waals surface area contributed by atoms with E-state index < -0.39 is 0 Å². The Kier molecular flexibility index (Phi) is 6.03. The fourth-order valence-electron chi connectivity index (χ4n) is 2.26. The van der Waals surface area contributed by atoms with Crippen LogP contribution in [0.4, 0.5) is 0 Å². The van der Waals surface area contributed by atoms with E-state index in [1.807, 2.05) is 35.7 Å². The number of nitrogens with one attached hydrogen (secondary N) is 1. The Labute approximate surface area is 154 Å². The fourth-order valence-corrected chi connectivity index (χ4v) is 3.74. The second-order valence-corrected chi connectivity index (χ2v) is 7.13. The van der Waals surface area contributed by atoms with Crippen LogP contribution < -0.4 is 5.32 Å². The number of nitrogens with zero attached hydrogens (tertiary/aromatic N) is 3. The topological polar surface area (TPSA) is 59.8 Å². The lowest BCUT2D eigenvalue weighted by Gasteiger charge is -2.09. The molecule has 0 bridgehead atoms. The van der Waals surface area contributed by atoms with E-state index in [0.717, 1.165) is 21.4 Å². The molecule has 0 aliphatic rings. The van der Waals surface area contributed by atoms with E-state index in [9.17, 15) is 4.79 Å². The molecule has 1 N–H and O–H groups in total. The molecule has 3 aromatic rings. The van der Waals surface area contributed by atoms with Crippen LogP contribution in [0.5, 0.6) is 0 Å². The number of hydrogen-bond acceptors (Lipinski definition) is 5. The van der Waals surface area contributed by atoms with Gasteiger partial charge in [0.05, 0.1) is 17.2 Å². The second kappa shape index (κ2) is 8.64. The summed E-state index contributed by atoms with van der Waals surface area (Å²) in [5.74, 6) is 1.08. The predicted molar refractivity (Wildman–Crippen MR) is 103 cm³/mol. The zero-order valence-electron chi connectivity index (χ0n) is 13.6. The average Bonchev–Trinajstić information content (AvgIpc) is 3.29. The Bertz CT molecular complexity index is 828. The third kappa shape index (κ3) is 4.58. The SMILES string of the molecule is C=CCNC(=O)CSc1nnc(-c2cccs2)n1Cc1ccccc1. The van der Waals surface area contributed by atoms with Crippen LogP contribution in [0.15, 0.2) is 65.7 Å². The van der Waals surface area contributed by atoms with Gasteiger partial charge < -0.3 is 5.32 Å². The number of aromatic nitrogens is 3. The smallest absolute Gasteiger partial charge is 0.230 e. The highest BCUT2D eigenvalue weighted by Crippen LogP contribution is 2.28. The maximum absolute atomic E-state index is 11.8. The minimum atomic E-state index is -0.0446. The molecule has 25 heavy (non-hydrogen) atoms. The van der Waals surface area contributed by atoms with Crippen molar-refractivity contribution < 1.29 is 4.79 Å². The number of carbonyl (C=O) groups is 1. The molecule has 5 nitrogen and oxygen atoms in total. The number of benzene rings is 1. The largest absolute Gasteiger partial charge is 0.352 e. The Balaban J connectivity index is 1.82. The summed E-state index contributed by atoms with van der Waals surface area (Å²) in [7, 11) is 0. The van der Waals surface area contributed by atoms with Crippen LogP contribution in [0.25, 0.3) is 10.7 Å². The molecule has 0 spiro atoms. The summed E-state index contributed by atoms with van der Waals surface area (Å²) in [6, 6.07) is 14.2. The van der Waals surface area contributed by atoms with E-state index in [-0.39, 0.29) is 5.91 Å². The van der Waals surface area contributed by atoms with E-state index in [1.165, 1.54) is 11.8 Å². The molecule has 128 valence electrons. The zero-order chi connectivity index (χ0) is 17.5. The lowest BCUT2D eigenvalue weighted by Crippen LogP contribution is -2.25. The van der Waals surface area contributed by atoms with Gasteiger partial charge in [0.2, 0.25) is 5.91 Å². The molecule has 0 aliphatic carbocycles. The maximum Gasteiger partial charge on any atom is 0.230 e. The summed E-state index contributed by atoms with van der Waals surface area (Å²) >= 11 is 3.02. The van der Waals surface area contributed by atoms with Crippen LogP contribution in [0.3, 0.4) is 0 Å². The molecular weight excluding hydrogens is 352 g/mol. The van der Waals surface area contributed by atoms with Crippen LogP contribution in [0, 0.1) is 0 Å². The van der Waals surface area contributed by atoms with E-state index in [0.29, 0.717) is 18.8 Å². The fraction of sp³-hybridized carbons (Fsp3) is 0.167. The molecule has 2 aromatic heterocycles. The van der Waals surface area contributed by atoms with Crippen LogP contribution in [-0.2, 0) is 11.3 Å². The Morgan fingerprint density at radius 2 is 2.08 bits per heavy atom. The van der Waals surface area contributed by atoms with Gasteiger partial charge in [-0.1, -0.05) is 54.2 Å². The van der Waals surface area contributed by atoms with Crippen LogP contribution in [0.2, 0.25) is 0 Å². The molecule has 1 amide bonds. The summed E-state index contributed by atoms with van der Waals surface area (Å²) in [4.78, 5) is 12.9. The highest BCUT2D eigenvalue weighted by Gasteiger charge is 2.16. The monoisotopic (exact) mass is 370 g/mol. The molecular formula is C18H18N4OS2. The van der Waals surface area contributed by atoms with Crippen molar-refractivity contribution in [2.75, 3.05) is 12.3 Å². The van der Waals surface area contributed by atoms with Crippen molar-refractivity contribution in [3.63, 3.8) is 0 Å². The number of hydrogen-bond donors (Lipinski definition) is 1. The molecule has 3 rings (SSSR count). The molecule has 0 aliphatic heterocycles. The van der Waals surface area contributed by atoms with Crippen molar-refractivity contribution in [3.05, 3.63) is 66.1 Å². The molecule has 0 radical (unpaired) electrons. The van der Waals surface area contributed by atoms with Crippen molar-refractivity contribution in [3.8, 4) is 10.7 Å². The van der Waals surface area contributed by atoms with Crippen molar-refractivity contribution in [1.29, 1.82) is 0 Å². The van der Waals surface area contributed by atoms with Crippen molar-refractivity contribution >= 4 is 29.0 Å². The van der Waals surface area contributed by atoms with Gasteiger partial charge in [0, 0.05) is 6.54 Å². The Morgan fingerprint density at radius 1 is 1.24 bits per heavy atom. The van der Waals surface area contributed by atoms with Crippen LogP contribution in [0.1, 0.15) is 5.56 Å². The quantitative estimate of drug-likeness (QED) is 0.487. The minimum absolute atomic E-state index is 0.0446. The summed E-state index contributed by atoms with van der Waals surface area (Å²) in [5, 5.41) is 14.2. The molecule has 0 fully saturated rings. The first-order valence-corrected chi connectivity index (χ1v) is 9.66. The lowest BCUT2D eigenvalue weighted by molar-refractivity contribution is -0.118. The lowest BCUT2D eigenvalue weighted by atomic mass is 10.2. The Morgan fingerprint density at radius 3 is 2.80 bits per heavy atom. The number of amides is 1. The summed E-state index contributed by atoms with van der Waals surface area (Å²) in [6.07, 6.45) is 1.66. The molecule has 0 saturated carbocycles. The predicted octanol–water partition coefficient (Wildman–Crippen LogP) is 3.45. The minimum Gasteiger partial charge on any atom is -0.352 e. The maximum atomic E-state index is 11.8. The van der Waals surface area contributed by atoms with E-state index in [1.54, 1.807) is 17.4 Å². The molecule has 0 atom stereocenters. The number of rotatable bonds is 8. The highest BCUT2D eigenvalue weighted by atomic mass is 32.2. The van der Waals surface area contributed by atoms with Gasteiger partial charge in [0.25, 0.3) is 0 Å². The molecule has 1 aromatic carbocycles. The normalized spacial score (nSPS) is 10.6. The van der Waals surface area contributed by atoms with Crippen LogP contribution >= 0.6 is 23.1 Å². The van der Waals surface area contributed by atoms with Gasteiger partial charge in [-0.05, 0) is 17.0 Å². The van der Waals surface area contributed by atoms with Gasteiger partial charge in [0.15, 0.2) is 11.0 Å². The van der Waals surface area contributed by atoms with Gasteiger partial charge in [-0.15, -0.1) is 28.1 Å². The first kappa shape index (κ1) is 17.4. The van der Waals surface area contributed by atoms with Gasteiger partial charge in [-0.3, -0.25) is 9.36 Å². The van der Waals surface area contributed by atoms with Crippen molar-refractivity contribution in [2.45, 2.75) is 11.7 Å². The second-order valence-electron chi connectivity index (χ2n) is 5.24. The highest BCUT2D eigenvalue weighted by molar-refractivity contribution is 7.99. The first-order valence-electron chi connectivity index (χ1n) is 7.79. The first-order chi connectivity index (χ1) is 12.3. The molecule has 2 heterocycles. The molecule has 0 unspecified atom stereocenters. The molecule has 0 saturated heterocycles. The van der Waals surface area contributed by atoms with Gasteiger partial charge in [0.1, 0.15) is 0 Å². The van der Waals surface area contributed by atoms with E-state index in [2.05, 4.69) is 38.8 Å². The number of thiophene rings is 1. The third-order valence-electron chi connectivity index (χ3n) is 3.42. The average molecular weight is 371 g/mol. The third-order valence-corrected chi connectivity index (χ3v) is 5.25. The Hall–Kier alpha value is -2.38. The summed E-state index contributed by atoms with van der Waals surface area (Å²) in [6.45, 7) is 4.73.